The van der Waals surface area contributed by atoms with Crippen molar-refractivity contribution in [2.24, 2.45) is 5.92 Å². The zero-order valence-corrected chi connectivity index (χ0v) is 20.1. The van der Waals surface area contributed by atoms with Crippen molar-refractivity contribution in [1.82, 2.24) is 19.2 Å². The minimum atomic E-state index is -3.17. The molecule has 4 heterocycles. The van der Waals surface area contributed by atoms with Crippen molar-refractivity contribution in [1.29, 1.82) is 0 Å². The molecule has 2 saturated heterocycles. The molecule has 3 aliphatic rings. The Kier molecular flexibility index (Phi) is 6.23. The average Bonchev–Trinajstić information content (AvgIpc) is 3.15. The number of carbonyl (C=O) groups excluding carboxylic acids is 1. The van der Waals surface area contributed by atoms with Crippen LogP contribution < -0.4 is 9.64 Å². The third kappa shape index (κ3) is 5.25. The van der Waals surface area contributed by atoms with Gasteiger partial charge in [0.05, 0.1) is 18.1 Å². The van der Waals surface area contributed by atoms with Gasteiger partial charge in [0.25, 0.3) is 0 Å². The van der Waals surface area contributed by atoms with Gasteiger partial charge in [0.15, 0.2) is 5.75 Å². The maximum Gasteiger partial charge on any atom is 0.410 e. The number of rotatable bonds is 3. The molecule has 0 radical (unpaired) electrons. The van der Waals surface area contributed by atoms with Gasteiger partial charge in [0, 0.05) is 45.7 Å². The first-order valence-corrected chi connectivity index (χ1v) is 13.0. The van der Waals surface area contributed by atoms with Crippen LogP contribution in [0, 0.1) is 5.92 Å². The average molecular weight is 468 g/mol. The number of hydrogen-bond donors (Lipinski definition) is 0. The van der Waals surface area contributed by atoms with Crippen LogP contribution in [0.5, 0.6) is 5.75 Å². The van der Waals surface area contributed by atoms with Gasteiger partial charge in [-0.05, 0) is 39.5 Å². The number of sulfonamides is 1. The molecule has 3 aliphatic heterocycles. The van der Waals surface area contributed by atoms with E-state index in [1.165, 1.54) is 10.6 Å². The summed E-state index contributed by atoms with van der Waals surface area (Å²) in [4.78, 5) is 25.3. The van der Waals surface area contributed by atoms with Crippen LogP contribution in [-0.2, 0) is 21.2 Å². The molecule has 0 spiro atoms. The van der Waals surface area contributed by atoms with Gasteiger partial charge < -0.3 is 19.3 Å². The van der Waals surface area contributed by atoms with Gasteiger partial charge >= 0.3 is 6.09 Å². The summed E-state index contributed by atoms with van der Waals surface area (Å²) >= 11 is 0. The first kappa shape index (κ1) is 23.0. The second-order valence-electron chi connectivity index (χ2n) is 9.80. The van der Waals surface area contributed by atoms with E-state index in [0.717, 1.165) is 30.7 Å². The SMILES string of the molecule is CC(C)(C)OC(=O)N1CCC(C2Cc3nc(N4CCN(S(C)(=O)=O)CC4)ncc3O2)CC1. The lowest BCUT2D eigenvalue weighted by Gasteiger charge is -2.35. The molecular formula is C21H33N5O5S. The molecule has 1 aromatic rings. The maximum atomic E-state index is 12.3. The molecule has 0 aliphatic carbocycles. The number of amides is 1. The van der Waals surface area contributed by atoms with Crippen LogP contribution in [0.25, 0.3) is 0 Å². The van der Waals surface area contributed by atoms with Gasteiger partial charge in [0.1, 0.15) is 11.7 Å². The van der Waals surface area contributed by atoms with Crippen molar-refractivity contribution < 1.29 is 22.7 Å². The summed E-state index contributed by atoms with van der Waals surface area (Å²) in [5.74, 6) is 1.70. The van der Waals surface area contributed by atoms with Gasteiger partial charge in [-0.3, -0.25) is 0 Å². The van der Waals surface area contributed by atoms with Crippen molar-refractivity contribution in [2.75, 3.05) is 50.4 Å². The second kappa shape index (κ2) is 8.66. The molecule has 10 nitrogen and oxygen atoms in total. The molecule has 178 valence electrons. The van der Waals surface area contributed by atoms with Gasteiger partial charge in [-0.15, -0.1) is 0 Å². The maximum absolute atomic E-state index is 12.3. The minimum absolute atomic E-state index is 0.0393. The molecule has 1 aromatic heterocycles. The first-order chi connectivity index (χ1) is 15.0. The van der Waals surface area contributed by atoms with E-state index in [9.17, 15) is 13.2 Å². The van der Waals surface area contributed by atoms with Crippen molar-refractivity contribution in [3.05, 3.63) is 11.9 Å². The highest BCUT2D eigenvalue weighted by Gasteiger charge is 2.36. The van der Waals surface area contributed by atoms with E-state index in [1.54, 1.807) is 11.1 Å². The number of piperidine rings is 1. The van der Waals surface area contributed by atoms with Gasteiger partial charge in [-0.25, -0.2) is 23.2 Å². The molecular weight excluding hydrogens is 434 g/mol. The van der Waals surface area contributed by atoms with Crippen LogP contribution in [0.3, 0.4) is 0 Å². The Morgan fingerprint density at radius 1 is 1.12 bits per heavy atom. The number of carbonyl (C=O) groups is 1. The number of aromatic nitrogens is 2. The molecule has 4 rings (SSSR count). The molecule has 0 N–H and O–H groups in total. The second-order valence-corrected chi connectivity index (χ2v) is 11.8. The van der Waals surface area contributed by atoms with Crippen LogP contribution in [0.15, 0.2) is 6.20 Å². The molecule has 1 unspecified atom stereocenters. The van der Waals surface area contributed by atoms with Crippen molar-refractivity contribution in [2.45, 2.75) is 51.7 Å². The number of ether oxygens (including phenoxy) is 2. The van der Waals surface area contributed by atoms with E-state index in [0.29, 0.717) is 51.1 Å². The van der Waals surface area contributed by atoms with Crippen LogP contribution in [0.4, 0.5) is 10.7 Å². The number of anilines is 1. The van der Waals surface area contributed by atoms with E-state index in [2.05, 4.69) is 4.98 Å². The fraction of sp³-hybridized carbons (Fsp3) is 0.762. The molecule has 0 aromatic carbocycles. The molecule has 0 saturated carbocycles. The number of fused-ring (bicyclic) bond motifs is 1. The highest BCUT2D eigenvalue weighted by Crippen LogP contribution is 2.35. The van der Waals surface area contributed by atoms with Gasteiger partial charge in [-0.2, -0.15) is 4.31 Å². The smallest absolute Gasteiger partial charge is 0.410 e. The third-order valence-electron chi connectivity index (χ3n) is 6.20. The van der Waals surface area contributed by atoms with Crippen molar-refractivity contribution >= 4 is 22.1 Å². The quantitative estimate of drug-likeness (QED) is 0.659. The van der Waals surface area contributed by atoms with Crippen LogP contribution in [-0.4, -0.2) is 90.9 Å². The lowest BCUT2D eigenvalue weighted by molar-refractivity contribution is 0.0123. The molecule has 1 atom stereocenters. The Bertz CT molecular complexity index is 948. The minimum Gasteiger partial charge on any atom is -0.486 e. The summed E-state index contributed by atoms with van der Waals surface area (Å²) in [6.45, 7) is 8.98. The number of likely N-dealkylation sites (tertiary alicyclic amines) is 1. The molecule has 11 heteroatoms. The Morgan fingerprint density at radius 2 is 1.78 bits per heavy atom. The largest absolute Gasteiger partial charge is 0.486 e. The normalized spacial score (nSPS) is 23.1. The zero-order valence-electron chi connectivity index (χ0n) is 19.3. The molecule has 0 bridgehead atoms. The fourth-order valence-electron chi connectivity index (χ4n) is 4.45. The van der Waals surface area contributed by atoms with E-state index in [1.807, 2.05) is 25.7 Å². The number of hydrogen-bond acceptors (Lipinski definition) is 8. The zero-order chi connectivity index (χ0) is 23.1. The Hall–Kier alpha value is -2.14. The Balaban J connectivity index is 1.31. The fourth-order valence-corrected chi connectivity index (χ4v) is 5.28. The lowest BCUT2D eigenvalue weighted by atomic mass is 9.90. The summed E-state index contributed by atoms with van der Waals surface area (Å²) in [6.07, 6.45) is 5.22. The summed E-state index contributed by atoms with van der Waals surface area (Å²) in [6, 6.07) is 0. The molecule has 2 fully saturated rings. The Morgan fingerprint density at radius 3 is 2.38 bits per heavy atom. The van der Waals surface area contributed by atoms with E-state index >= 15 is 0 Å². The highest BCUT2D eigenvalue weighted by atomic mass is 32.2. The summed E-state index contributed by atoms with van der Waals surface area (Å²) in [7, 11) is -3.17. The third-order valence-corrected chi connectivity index (χ3v) is 7.50. The van der Waals surface area contributed by atoms with E-state index < -0.39 is 15.6 Å². The monoisotopic (exact) mass is 467 g/mol. The van der Waals surface area contributed by atoms with E-state index in [-0.39, 0.29) is 12.2 Å². The predicted octanol–water partition coefficient (Wildman–Crippen LogP) is 1.51. The lowest BCUT2D eigenvalue weighted by Crippen LogP contribution is -2.48. The topological polar surface area (TPSA) is 105 Å². The Labute approximate surface area is 189 Å². The first-order valence-electron chi connectivity index (χ1n) is 11.2. The number of nitrogens with zero attached hydrogens (tertiary/aromatic N) is 5. The van der Waals surface area contributed by atoms with Crippen LogP contribution in [0.2, 0.25) is 0 Å². The van der Waals surface area contributed by atoms with E-state index in [4.69, 9.17) is 14.5 Å². The van der Waals surface area contributed by atoms with Crippen molar-refractivity contribution in [3.8, 4) is 5.75 Å². The van der Waals surface area contributed by atoms with Gasteiger partial charge in [-0.1, -0.05) is 0 Å². The summed E-state index contributed by atoms with van der Waals surface area (Å²) in [5, 5.41) is 0. The van der Waals surface area contributed by atoms with Crippen LogP contribution >= 0.6 is 0 Å². The van der Waals surface area contributed by atoms with Crippen LogP contribution in [0.1, 0.15) is 39.3 Å². The standard InChI is InChI=1S/C21H33N5O5S/c1-21(2,3)31-20(27)25-7-5-15(6-8-25)17-13-16-18(30-17)14-22-19(23-16)24-9-11-26(12-10-24)32(4,28)29/h14-15,17H,5-13H2,1-4H3. The predicted molar refractivity (Wildman–Crippen MR) is 119 cm³/mol. The summed E-state index contributed by atoms with van der Waals surface area (Å²) < 4.78 is 36.6. The number of piperazine rings is 1. The summed E-state index contributed by atoms with van der Waals surface area (Å²) in [5.41, 5.74) is 0.415. The molecule has 1 amide bonds. The van der Waals surface area contributed by atoms with Gasteiger partial charge in [0.2, 0.25) is 16.0 Å². The molecule has 32 heavy (non-hydrogen) atoms. The van der Waals surface area contributed by atoms with Crippen molar-refractivity contribution in [3.63, 3.8) is 0 Å². The highest BCUT2D eigenvalue weighted by molar-refractivity contribution is 7.88.